The summed E-state index contributed by atoms with van der Waals surface area (Å²) in [5, 5.41) is 11.8. The number of hydrogen-bond donors (Lipinski definition) is 1. The fourth-order valence-corrected chi connectivity index (χ4v) is 3.13. The average Bonchev–Trinajstić information content (AvgIpc) is 2.66. The van der Waals surface area contributed by atoms with Gasteiger partial charge in [0.25, 0.3) is 0 Å². The first-order chi connectivity index (χ1) is 12.6. The molecule has 0 amide bonds. The molecule has 0 saturated heterocycles. The molecule has 0 aliphatic rings. The van der Waals surface area contributed by atoms with Crippen LogP contribution in [0.15, 0.2) is 60.9 Å². The molecule has 2 aromatic carbocycles. The van der Waals surface area contributed by atoms with Crippen molar-refractivity contribution in [2.45, 2.75) is 25.6 Å². The molecule has 0 fully saturated rings. The third kappa shape index (κ3) is 3.79. The van der Waals surface area contributed by atoms with Gasteiger partial charge in [0.15, 0.2) is 12.1 Å². The third-order valence-corrected chi connectivity index (χ3v) is 4.35. The van der Waals surface area contributed by atoms with E-state index in [1.54, 1.807) is 19.1 Å². The summed E-state index contributed by atoms with van der Waals surface area (Å²) >= 11 is 0. The molecule has 1 N–H and O–H groups in total. The van der Waals surface area contributed by atoms with Crippen LogP contribution in [-0.4, -0.2) is 28.8 Å². The second kappa shape index (κ2) is 8.17. The molecule has 5 heteroatoms. The Bertz CT molecular complexity index is 907. The van der Waals surface area contributed by atoms with Gasteiger partial charge in [-0.05, 0) is 23.8 Å². The number of Topliss-reactive ketones (excluding diaryl/α,β-unsaturated/α-hetero) is 1. The molecular formula is C21H20FNO3. The highest BCUT2D eigenvalue weighted by molar-refractivity contribution is 6.10. The Morgan fingerprint density at radius 1 is 1.19 bits per heavy atom. The molecule has 4 nitrogen and oxygen atoms in total. The zero-order valence-electron chi connectivity index (χ0n) is 14.4. The number of aliphatic hydroxyl groups excluding tert-OH is 1. The number of hydrogen-bond acceptors (Lipinski definition) is 4. The van der Waals surface area contributed by atoms with Crippen LogP contribution in [0.4, 0.5) is 4.39 Å². The highest BCUT2D eigenvalue weighted by atomic mass is 19.1. The van der Waals surface area contributed by atoms with Crippen LogP contribution in [0.1, 0.15) is 35.2 Å². The third-order valence-electron chi connectivity index (χ3n) is 4.35. The van der Waals surface area contributed by atoms with Crippen molar-refractivity contribution in [1.82, 2.24) is 4.98 Å². The number of halogens is 1. The number of ether oxygens (including phenoxy) is 1. The Kier molecular flexibility index (Phi) is 5.71. The summed E-state index contributed by atoms with van der Waals surface area (Å²) in [6.07, 6.45) is 1.33. The van der Waals surface area contributed by atoms with E-state index in [0.717, 1.165) is 17.0 Å². The van der Waals surface area contributed by atoms with Gasteiger partial charge in [-0.2, -0.15) is 0 Å². The number of fused-ring (bicyclic) bond motifs is 1. The zero-order valence-corrected chi connectivity index (χ0v) is 14.4. The van der Waals surface area contributed by atoms with Crippen molar-refractivity contribution >= 4 is 16.6 Å². The number of aliphatic hydroxyl groups is 1. The van der Waals surface area contributed by atoms with Crippen LogP contribution in [-0.2, 0) is 4.74 Å². The van der Waals surface area contributed by atoms with E-state index in [9.17, 15) is 14.3 Å². The molecule has 1 aromatic heterocycles. The maximum atomic E-state index is 14.3. The molecule has 2 atom stereocenters. The van der Waals surface area contributed by atoms with E-state index in [4.69, 9.17) is 4.74 Å². The van der Waals surface area contributed by atoms with Crippen LogP contribution in [0.5, 0.6) is 0 Å². The van der Waals surface area contributed by atoms with Gasteiger partial charge < -0.3 is 9.84 Å². The van der Waals surface area contributed by atoms with Gasteiger partial charge in [0.1, 0.15) is 5.82 Å². The van der Waals surface area contributed by atoms with Gasteiger partial charge in [0.05, 0.1) is 12.1 Å². The molecule has 0 radical (unpaired) electrons. The summed E-state index contributed by atoms with van der Waals surface area (Å²) < 4.78 is 19.5. The molecule has 0 aliphatic heterocycles. The molecule has 3 aromatic rings. The molecule has 26 heavy (non-hydrogen) atoms. The molecule has 0 bridgehead atoms. The van der Waals surface area contributed by atoms with Gasteiger partial charge >= 0.3 is 0 Å². The first kappa shape index (κ1) is 18.2. The van der Waals surface area contributed by atoms with E-state index >= 15 is 0 Å². The zero-order chi connectivity index (χ0) is 18.5. The number of carbonyl (C=O) groups excluding carboxylic acids is 1. The molecular weight excluding hydrogens is 333 g/mol. The Morgan fingerprint density at radius 3 is 2.73 bits per heavy atom. The molecule has 1 heterocycles. The lowest BCUT2D eigenvalue weighted by Gasteiger charge is -2.21. The molecule has 0 saturated carbocycles. The van der Waals surface area contributed by atoms with Crippen molar-refractivity contribution in [1.29, 1.82) is 0 Å². The van der Waals surface area contributed by atoms with Crippen LogP contribution in [0, 0.1) is 5.82 Å². The van der Waals surface area contributed by atoms with Gasteiger partial charge in [0.2, 0.25) is 0 Å². The van der Waals surface area contributed by atoms with E-state index in [1.807, 2.05) is 30.3 Å². The van der Waals surface area contributed by atoms with Crippen LogP contribution < -0.4 is 0 Å². The number of rotatable bonds is 7. The van der Waals surface area contributed by atoms with Gasteiger partial charge in [-0.1, -0.05) is 42.5 Å². The first-order valence-electron chi connectivity index (χ1n) is 8.53. The predicted octanol–water partition coefficient (Wildman–Crippen LogP) is 4.09. The predicted molar refractivity (Wildman–Crippen MR) is 97.5 cm³/mol. The Hall–Kier alpha value is -2.63. The minimum absolute atomic E-state index is 0.0309. The van der Waals surface area contributed by atoms with Gasteiger partial charge in [-0.25, -0.2) is 4.39 Å². The Labute approximate surface area is 151 Å². The average molecular weight is 353 g/mol. The quantitative estimate of drug-likeness (QED) is 0.513. The van der Waals surface area contributed by atoms with Crippen molar-refractivity contribution in [2.24, 2.45) is 0 Å². The van der Waals surface area contributed by atoms with Gasteiger partial charge in [0, 0.05) is 30.4 Å². The number of ketones is 1. The molecule has 2 unspecified atom stereocenters. The summed E-state index contributed by atoms with van der Waals surface area (Å²) in [6.45, 7) is 2.05. The van der Waals surface area contributed by atoms with Crippen LogP contribution >= 0.6 is 0 Å². The minimum Gasteiger partial charge on any atom is -0.368 e. The first-order valence-corrected chi connectivity index (χ1v) is 8.53. The highest BCUT2D eigenvalue weighted by Crippen LogP contribution is 2.30. The fourth-order valence-electron chi connectivity index (χ4n) is 3.13. The standard InChI is InChI=1S/C21H20FNO3/c1-2-26-20(24)12-18(16-10-11-23-13-19(16)22)21(25)17-9-5-7-14-6-3-4-8-15(14)17/h3-11,13,18,20,24H,2,12H2,1H3. The number of pyridine rings is 1. The summed E-state index contributed by atoms with van der Waals surface area (Å²) in [6, 6.07) is 14.5. The van der Waals surface area contributed by atoms with Gasteiger partial charge in [-0.3, -0.25) is 9.78 Å². The fraction of sp³-hybridized carbons (Fsp3) is 0.238. The van der Waals surface area contributed by atoms with Crippen molar-refractivity contribution in [3.63, 3.8) is 0 Å². The number of carbonyl (C=O) groups is 1. The van der Waals surface area contributed by atoms with Gasteiger partial charge in [-0.15, -0.1) is 0 Å². The lowest BCUT2D eigenvalue weighted by atomic mass is 9.86. The lowest BCUT2D eigenvalue weighted by Crippen LogP contribution is -2.23. The monoisotopic (exact) mass is 353 g/mol. The van der Waals surface area contributed by atoms with Crippen molar-refractivity contribution in [3.8, 4) is 0 Å². The molecule has 0 aliphatic carbocycles. The molecule has 134 valence electrons. The molecule has 3 rings (SSSR count). The second-order valence-corrected chi connectivity index (χ2v) is 5.99. The lowest BCUT2D eigenvalue weighted by molar-refractivity contribution is -0.100. The maximum absolute atomic E-state index is 14.3. The topological polar surface area (TPSA) is 59.4 Å². The number of benzene rings is 2. The van der Waals surface area contributed by atoms with Crippen molar-refractivity contribution in [3.05, 3.63) is 77.9 Å². The maximum Gasteiger partial charge on any atom is 0.171 e. The highest BCUT2D eigenvalue weighted by Gasteiger charge is 2.28. The van der Waals surface area contributed by atoms with E-state index in [0.29, 0.717) is 12.2 Å². The Balaban J connectivity index is 2.05. The van der Waals surface area contributed by atoms with E-state index in [2.05, 4.69) is 4.98 Å². The number of aromatic nitrogens is 1. The smallest absolute Gasteiger partial charge is 0.171 e. The summed E-state index contributed by atoms with van der Waals surface area (Å²) in [5.41, 5.74) is 0.699. The Morgan fingerprint density at radius 2 is 1.96 bits per heavy atom. The van der Waals surface area contributed by atoms with E-state index in [-0.39, 0.29) is 17.8 Å². The minimum atomic E-state index is -1.16. The second-order valence-electron chi connectivity index (χ2n) is 5.99. The summed E-state index contributed by atoms with van der Waals surface area (Å²) in [4.78, 5) is 17.0. The van der Waals surface area contributed by atoms with Crippen LogP contribution in [0.2, 0.25) is 0 Å². The summed E-state index contributed by atoms with van der Waals surface area (Å²) in [7, 11) is 0. The normalized spacial score (nSPS) is 13.5. The summed E-state index contributed by atoms with van der Waals surface area (Å²) in [5.74, 6) is -1.70. The number of nitrogens with zero attached hydrogens (tertiary/aromatic N) is 1. The van der Waals surface area contributed by atoms with Crippen LogP contribution in [0.25, 0.3) is 10.8 Å². The SMILES string of the molecule is CCOC(O)CC(C(=O)c1cccc2ccccc12)c1ccncc1F. The molecule has 0 spiro atoms. The van der Waals surface area contributed by atoms with E-state index < -0.39 is 18.0 Å². The van der Waals surface area contributed by atoms with Crippen molar-refractivity contribution < 1.29 is 19.0 Å². The van der Waals surface area contributed by atoms with Crippen LogP contribution in [0.3, 0.4) is 0 Å². The largest absolute Gasteiger partial charge is 0.368 e. The van der Waals surface area contributed by atoms with E-state index in [1.165, 1.54) is 12.3 Å². The van der Waals surface area contributed by atoms with Crippen molar-refractivity contribution in [2.75, 3.05) is 6.61 Å².